The topological polar surface area (TPSA) is 20.2 Å². The van der Waals surface area contributed by atoms with Crippen LogP contribution in [0.25, 0.3) is 0 Å². The van der Waals surface area contributed by atoms with Crippen LogP contribution in [-0.2, 0) is 0 Å². The van der Waals surface area contributed by atoms with Gasteiger partial charge < -0.3 is 5.11 Å². The second kappa shape index (κ2) is 8.34. The third-order valence-corrected chi connectivity index (χ3v) is 11.5. The molecule has 0 radical (unpaired) electrons. The summed E-state index contributed by atoms with van der Waals surface area (Å²) >= 11 is 0. The minimum Gasteiger partial charge on any atom is -0.393 e. The summed E-state index contributed by atoms with van der Waals surface area (Å²) in [5.74, 6) is 5.68. The molecule has 176 valence electrons. The van der Waals surface area contributed by atoms with E-state index in [9.17, 15) is 5.11 Å². The van der Waals surface area contributed by atoms with Gasteiger partial charge in [0.2, 0.25) is 0 Å². The zero-order chi connectivity index (χ0) is 22.7. The Morgan fingerprint density at radius 1 is 1.03 bits per heavy atom. The average molecular weight is 427 g/mol. The summed E-state index contributed by atoms with van der Waals surface area (Å²) in [5.41, 5.74) is 4.29. The first-order valence-corrected chi connectivity index (χ1v) is 13.6. The number of hydrogen-bond acceptors (Lipinski definition) is 1. The van der Waals surface area contributed by atoms with Crippen LogP contribution in [0.1, 0.15) is 100 Å². The fourth-order valence-corrected chi connectivity index (χ4v) is 9.08. The van der Waals surface area contributed by atoms with E-state index in [4.69, 9.17) is 0 Å². The minimum absolute atomic E-state index is 0.0670. The van der Waals surface area contributed by atoms with Crippen molar-refractivity contribution in [3.05, 3.63) is 23.3 Å². The average Bonchev–Trinajstić information content (AvgIpc) is 3.07. The van der Waals surface area contributed by atoms with Crippen LogP contribution in [0.4, 0.5) is 0 Å². The maximum atomic E-state index is 10.5. The predicted molar refractivity (Wildman–Crippen MR) is 133 cm³/mol. The van der Waals surface area contributed by atoms with Crippen molar-refractivity contribution in [1.29, 1.82) is 0 Å². The lowest BCUT2D eigenvalue weighted by atomic mass is 9.44. The van der Waals surface area contributed by atoms with E-state index in [0.29, 0.717) is 28.6 Å². The first-order valence-electron chi connectivity index (χ1n) is 13.6. The second-order valence-corrected chi connectivity index (χ2v) is 13.1. The van der Waals surface area contributed by atoms with Gasteiger partial charge in [0.05, 0.1) is 6.10 Å². The van der Waals surface area contributed by atoms with E-state index in [1.165, 1.54) is 38.5 Å². The molecule has 3 saturated carbocycles. The fraction of sp³-hybridized carbons (Fsp3) is 0.867. The van der Waals surface area contributed by atoms with Gasteiger partial charge in [-0.2, -0.15) is 0 Å². The van der Waals surface area contributed by atoms with Crippen LogP contribution in [0.2, 0.25) is 0 Å². The summed E-state index contributed by atoms with van der Waals surface area (Å²) in [7, 11) is 0. The van der Waals surface area contributed by atoms with Gasteiger partial charge in [0.25, 0.3) is 0 Å². The smallest absolute Gasteiger partial charge is 0.0568 e. The van der Waals surface area contributed by atoms with Crippen molar-refractivity contribution < 1.29 is 5.11 Å². The molecule has 0 amide bonds. The van der Waals surface area contributed by atoms with Gasteiger partial charge in [0, 0.05) is 0 Å². The molecule has 0 spiro atoms. The highest BCUT2D eigenvalue weighted by atomic mass is 16.3. The van der Waals surface area contributed by atoms with Crippen LogP contribution < -0.4 is 0 Å². The van der Waals surface area contributed by atoms with E-state index in [-0.39, 0.29) is 6.10 Å². The normalized spacial score (nSPS) is 47.3. The molecule has 4 aliphatic carbocycles. The Kier molecular flexibility index (Phi) is 6.35. The second-order valence-electron chi connectivity index (χ2n) is 13.1. The van der Waals surface area contributed by atoms with Crippen molar-refractivity contribution >= 4 is 0 Å². The maximum absolute atomic E-state index is 10.5. The van der Waals surface area contributed by atoms with E-state index < -0.39 is 0 Å². The molecule has 31 heavy (non-hydrogen) atoms. The lowest BCUT2D eigenvalue weighted by Crippen LogP contribution is -2.54. The van der Waals surface area contributed by atoms with Crippen molar-refractivity contribution in [3.8, 4) is 0 Å². The van der Waals surface area contributed by atoms with Crippen molar-refractivity contribution in [3.63, 3.8) is 0 Å². The molecule has 4 aliphatic rings. The first kappa shape index (κ1) is 23.6. The summed E-state index contributed by atoms with van der Waals surface area (Å²) in [5, 5.41) is 10.5. The molecule has 3 fully saturated rings. The Hall–Kier alpha value is -0.560. The van der Waals surface area contributed by atoms with Crippen LogP contribution in [-0.4, -0.2) is 11.2 Å². The van der Waals surface area contributed by atoms with Gasteiger partial charge >= 0.3 is 0 Å². The van der Waals surface area contributed by atoms with Crippen LogP contribution in [0.5, 0.6) is 0 Å². The monoisotopic (exact) mass is 426 g/mol. The Morgan fingerprint density at radius 3 is 2.42 bits per heavy atom. The molecular weight excluding hydrogens is 376 g/mol. The molecule has 1 heteroatoms. The molecule has 0 heterocycles. The molecule has 0 bridgehead atoms. The van der Waals surface area contributed by atoms with Crippen molar-refractivity contribution in [2.75, 3.05) is 0 Å². The predicted octanol–water partition coefficient (Wildman–Crippen LogP) is 8.05. The van der Waals surface area contributed by atoms with E-state index in [1.807, 2.05) is 5.57 Å². The highest BCUT2D eigenvalue weighted by molar-refractivity contribution is 5.31. The van der Waals surface area contributed by atoms with Crippen molar-refractivity contribution in [2.24, 2.45) is 58.2 Å². The fourth-order valence-electron chi connectivity index (χ4n) is 9.08. The quantitative estimate of drug-likeness (QED) is 0.451. The van der Waals surface area contributed by atoms with Crippen LogP contribution in [0.3, 0.4) is 0 Å². The van der Waals surface area contributed by atoms with E-state index >= 15 is 0 Å². The lowest BCUT2D eigenvalue weighted by Gasteiger charge is -2.61. The summed E-state index contributed by atoms with van der Waals surface area (Å²) in [4.78, 5) is 0. The minimum atomic E-state index is -0.0670. The molecule has 0 aromatic carbocycles. The van der Waals surface area contributed by atoms with Gasteiger partial charge in [-0.05, 0) is 110 Å². The van der Waals surface area contributed by atoms with Gasteiger partial charge in [0.1, 0.15) is 0 Å². The summed E-state index contributed by atoms with van der Waals surface area (Å²) in [6, 6.07) is 0. The number of aliphatic hydroxyl groups excluding tert-OH is 1. The molecule has 0 saturated heterocycles. The first-order chi connectivity index (χ1) is 14.5. The van der Waals surface area contributed by atoms with Gasteiger partial charge in [0.15, 0.2) is 0 Å². The van der Waals surface area contributed by atoms with E-state index in [0.717, 1.165) is 36.0 Å². The van der Waals surface area contributed by atoms with Gasteiger partial charge in [-0.15, -0.1) is 0 Å². The van der Waals surface area contributed by atoms with Crippen molar-refractivity contribution in [1.82, 2.24) is 0 Å². The molecule has 0 aliphatic heterocycles. The molecule has 10 atom stereocenters. The van der Waals surface area contributed by atoms with E-state index in [2.05, 4.69) is 67.5 Å². The highest BCUT2D eigenvalue weighted by Crippen LogP contribution is 2.67. The Balaban J connectivity index is 1.55. The zero-order valence-corrected chi connectivity index (χ0v) is 21.7. The largest absolute Gasteiger partial charge is 0.393 e. The number of hydrogen-bond donors (Lipinski definition) is 1. The third kappa shape index (κ3) is 3.70. The summed E-state index contributed by atoms with van der Waals surface area (Å²) < 4.78 is 0. The molecular formula is C30H50O. The van der Waals surface area contributed by atoms with Gasteiger partial charge in [-0.3, -0.25) is 0 Å². The van der Waals surface area contributed by atoms with E-state index in [1.54, 1.807) is 5.57 Å². The number of allylic oxidation sites excluding steroid dienone is 4. The highest BCUT2D eigenvalue weighted by Gasteiger charge is 2.59. The number of rotatable bonds is 4. The zero-order valence-electron chi connectivity index (χ0n) is 21.7. The Morgan fingerprint density at radius 2 is 1.74 bits per heavy atom. The summed E-state index contributed by atoms with van der Waals surface area (Å²) in [6.45, 7) is 19.5. The lowest BCUT2D eigenvalue weighted by molar-refractivity contribution is -0.115. The standard InChI is InChI=1S/C30H50O/c1-18(2)21(5)19(3)17-20(4)24-11-12-26-23-9-10-25-22(6)28(31)14-16-30(25,8)27(23)13-15-29(24,26)7/h12,17-18,20-25,27-28,31H,9-11,13-16H2,1-8H3. The SMILES string of the molecule is CC(=CC(C)C1CC=C2C3CCC4C(C)C(O)CCC4(C)C3CCC21C)C(C)C(C)C. The van der Waals surface area contributed by atoms with Crippen LogP contribution in [0, 0.1) is 58.2 Å². The third-order valence-electron chi connectivity index (χ3n) is 11.5. The molecule has 4 rings (SSSR count). The molecule has 10 unspecified atom stereocenters. The molecule has 1 nitrogen and oxygen atoms in total. The molecule has 0 aromatic rings. The molecule has 0 aromatic heterocycles. The van der Waals surface area contributed by atoms with Crippen molar-refractivity contribution in [2.45, 2.75) is 106 Å². The Bertz CT molecular complexity index is 731. The Labute approximate surface area is 193 Å². The maximum Gasteiger partial charge on any atom is 0.0568 e. The number of fused-ring (bicyclic) bond motifs is 5. The van der Waals surface area contributed by atoms with Gasteiger partial charge in [-0.25, -0.2) is 0 Å². The number of aliphatic hydroxyl groups is 1. The van der Waals surface area contributed by atoms with Gasteiger partial charge in [-0.1, -0.05) is 71.8 Å². The van der Waals surface area contributed by atoms with Crippen LogP contribution in [0.15, 0.2) is 23.3 Å². The van der Waals surface area contributed by atoms with Crippen LogP contribution >= 0.6 is 0 Å². The summed E-state index contributed by atoms with van der Waals surface area (Å²) in [6.07, 6.45) is 14.3. The molecule has 1 N–H and O–H groups in total.